The van der Waals surface area contributed by atoms with E-state index in [0.717, 1.165) is 13.0 Å². The minimum Gasteiger partial charge on any atom is -0.391 e. The first-order valence-electron chi connectivity index (χ1n) is 4.39. The van der Waals surface area contributed by atoms with Gasteiger partial charge in [0.25, 0.3) is 0 Å². The standard InChI is InChI=1S/C9H20O2/c1-5-6-11-9(7(2)3)8(4)10/h7-10H,5-6H2,1-4H3/t8?,9-/m1/s1. The van der Waals surface area contributed by atoms with Crippen molar-refractivity contribution in [3.05, 3.63) is 0 Å². The smallest absolute Gasteiger partial charge is 0.0853 e. The third-order valence-corrected chi connectivity index (χ3v) is 1.65. The second-order valence-electron chi connectivity index (χ2n) is 3.32. The molecule has 11 heavy (non-hydrogen) atoms. The van der Waals surface area contributed by atoms with Crippen LogP contribution in [0.25, 0.3) is 0 Å². The Morgan fingerprint density at radius 2 is 1.82 bits per heavy atom. The monoisotopic (exact) mass is 160 g/mol. The molecule has 0 aliphatic heterocycles. The van der Waals surface area contributed by atoms with Crippen molar-refractivity contribution in [2.45, 2.75) is 46.3 Å². The van der Waals surface area contributed by atoms with Crippen LogP contribution < -0.4 is 0 Å². The van der Waals surface area contributed by atoms with Crippen LogP contribution in [0, 0.1) is 5.92 Å². The van der Waals surface area contributed by atoms with Gasteiger partial charge in [-0.15, -0.1) is 0 Å². The summed E-state index contributed by atoms with van der Waals surface area (Å²) in [4.78, 5) is 0. The fraction of sp³-hybridized carbons (Fsp3) is 1.00. The van der Waals surface area contributed by atoms with E-state index in [1.165, 1.54) is 0 Å². The van der Waals surface area contributed by atoms with Crippen LogP contribution in [-0.2, 0) is 4.74 Å². The summed E-state index contributed by atoms with van der Waals surface area (Å²) in [6.45, 7) is 8.72. The third-order valence-electron chi connectivity index (χ3n) is 1.65. The molecule has 0 aliphatic rings. The Morgan fingerprint density at radius 1 is 1.27 bits per heavy atom. The molecule has 2 atom stereocenters. The van der Waals surface area contributed by atoms with Crippen molar-refractivity contribution in [3.8, 4) is 0 Å². The number of ether oxygens (including phenoxy) is 1. The van der Waals surface area contributed by atoms with Crippen molar-refractivity contribution in [1.82, 2.24) is 0 Å². The fourth-order valence-electron chi connectivity index (χ4n) is 1.14. The number of hydrogen-bond donors (Lipinski definition) is 1. The number of aliphatic hydroxyl groups excluding tert-OH is 1. The molecule has 0 aliphatic carbocycles. The summed E-state index contributed by atoms with van der Waals surface area (Å²) in [5.74, 6) is 0.390. The van der Waals surface area contributed by atoms with E-state index < -0.39 is 0 Å². The van der Waals surface area contributed by atoms with E-state index in [-0.39, 0.29) is 12.2 Å². The second-order valence-corrected chi connectivity index (χ2v) is 3.32. The van der Waals surface area contributed by atoms with Crippen LogP contribution in [0.15, 0.2) is 0 Å². The minimum absolute atomic E-state index is 0.00468. The van der Waals surface area contributed by atoms with Gasteiger partial charge < -0.3 is 9.84 Å². The van der Waals surface area contributed by atoms with Gasteiger partial charge in [0.2, 0.25) is 0 Å². The molecule has 2 heteroatoms. The van der Waals surface area contributed by atoms with Crippen molar-refractivity contribution < 1.29 is 9.84 Å². The first kappa shape index (κ1) is 10.9. The maximum absolute atomic E-state index is 9.28. The van der Waals surface area contributed by atoms with Gasteiger partial charge in [0.15, 0.2) is 0 Å². The van der Waals surface area contributed by atoms with Crippen LogP contribution in [0.3, 0.4) is 0 Å². The third kappa shape index (κ3) is 4.38. The second kappa shape index (κ2) is 5.56. The Kier molecular flexibility index (Phi) is 5.51. The van der Waals surface area contributed by atoms with Gasteiger partial charge in [0, 0.05) is 6.61 Å². The highest BCUT2D eigenvalue weighted by atomic mass is 16.5. The van der Waals surface area contributed by atoms with E-state index in [9.17, 15) is 5.11 Å². The summed E-state index contributed by atoms with van der Waals surface area (Å²) in [6.07, 6.45) is 0.646. The van der Waals surface area contributed by atoms with Gasteiger partial charge in [-0.3, -0.25) is 0 Å². The molecule has 0 radical (unpaired) electrons. The van der Waals surface area contributed by atoms with E-state index in [0.29, 0.717) is 5.92 Å². The highest BCUT2D eigenvalue weighted by Gasteiger charge is 2.18. The SMILES string of the molecule is CCCO[C@H](C(C)C)C(C)O. The molecular formula is C9H20O2. The Bertz CT molecular complexity index is 81.6. The summed E-state index contributed by atoms with van der Waals surface area (Å²) < 4.78 is 5.46. The quantitative estimate of drug-likeness (QED) is 0.664. The molecule has 0 aromatic carbocycles. The van der Waals surface area contributed by atoms with Crippen LogP contribution in [0.1, 0.15) is 34.1 Å². The molecule has 0 aromatic rings. The van der Waals surface area contributed by atoms with Crippen LogP contribution in [0.5, 0.6) is 0 Å². The predicted molar refractivity (Wildman–Crippen MR) is 46.5 cm³/mol. The van der Waals surface area contributed by atoms with Crippen molar-refractivity contribution in [1.29, 1.82) is 0 Å². The van der Waals surface area contributed by atoms with Gasteiger partial charge in [0.05, 0.1) is 12.2 Å². The number of hydrogen-bond acceptors (Lipinski definition) is 2. The molecule has 1 unspecified atom stereocenters. The summed E-state index contributed by atoms with van der Waals surface area (Å²) in [5, 5.41) is 9.28. The lowest BCUT2D eigenvalue weighted by molar-refractivity contribution is -0.0535. The normalized spacial score (nSPS) is 16.9. The van der Waals surface area contributed by atoms with Crippen LogP contribution in [0.2, 0.25) is 0 Å². The van der Waals surface area contributed by atoms with Gasteiger partial charge in [-0.25, -0.2) is 0 Å². The molecule has 0 rings (SSSR count). The topological polar surface area (TPSA) is 29.5 Å². The molecule has 0 saturated heterocycles. The van der Waals surface area contributed by atoms with Crippen LogP contribution >= 0.6 is 0 Å². The van der Waals surface area contributed by atoms with Crippen LogP contribution in [0.4, 0.5) is 0 Å². The largest absolute Gasteiger partial charge is 0.391 e. The minimum atomic E-state index is -0.360. The van der Waals surface area contributed by atoms with Gasteiger partial charge in [-0.1, -0.05) is 20.8 Å². The zero-order valence-corrected chi connectivity index (χ0v) is 8.00. The zero-order chi connectivity index (χ0) is 8.85. The average molecular weight is 160 g/mol. The van der Waals surface area contributed by atoms with Crippen molar-refractivity contribution in [3.63, 3.8) is 0 Å². The number of rotatable bonds is 5. The highest BCUT2D eigenvalue weighted by molar-refractivity contribution is 4.67. The Hall–Kier alpha value is -0.0800. The van der Waals surface area contributed by atoms with Crippen molar-refractivity contribution in [2.24, 2.45) is 5.92 Å². The van der Waals surface area contributed by atoms with E-state index in [4.69, 9.17) is 4.74 Å². The maximum Gasteiger partial charge on any atom is 0.0853 e. The first-order chi connectivity index (χ1) is 5.09. The van der Waals surface area contributed by atoms with Gasteiger partial charge in [0.1, 0.15) is 0 Å². The Morgan fingerprint density at radius 3 is 2.09 bits per heavy atom. The first-order valence-corrected chi connectivity index (χ1v) is 4.39. The molecule has 1 N–H and O–H groups in total. The van der Waals surface area contributed by atoms with Gasteiger partial charge >= 0.3 is 0 Å². The molecule has 0 saturated carbocycles. The van der Waals surface area contributed by atoms with E-state index in [1.807, 2.05) is 0 Å². The Labute approximate surface area is 69.6 Å². The van der Waals surface area contributed by atoms with Crippen molar-refractivity contribution in [2.75, 3.05) is 6.61 Å². The molecule has 0 spiro atoms. The molecule has 0 heterocycles. The fourth-order valence-corrected chi connectivity index (χ4v) is 1.14. The predicted octanol–water partition coefficient (Wildman–Crippen LogP) is 1.82. The summed E-state index contributed by atoms with van der Waals surface area (Å²) >= 11 is 0. The molecule has 0 bridgehead atoms. The molecule has 68 valence electrons. The summed E-state index contributed by atoms with van der Waals surface area (Å²) in [5.41, 5.74) is 0. The summed E-state index contributed by atoms with van der Waals surface area (Å²) in [7, 11) is 0. The van der Waals surface area contributed by atoms with E-state index in [2.05, 4.69) is 20.8 Å². The van der Waals surface area contributed by atoms with Crippen molar-refractivity contribution >= 4 is 0 Å². The van der Waals surface area contributed by atoms with E-state index >= 15 is 0 Å². The maximum atomic E-state index is 9.28. The highest BCUT2D eigenvalue weighted by Crippen LogP contribution is 2.10. The summed E-state index contributed by atoms with van der Waals surface area (Å²) in [6, 6.07) is 0. The molecule has 0 amide bonds. The number of aliphatic hydroxyl groups is 1. The lowest BCUT2D eigenvalue weighted by Gasteiger charge is -2.23. The molecule has 0 aromatic heterocycles. The van der Waals surface area contributed by atoms with E-state index in [1.54, 1.807) is 6.92 Å². The lowest BCUT2D eigenvalue weighted by Crippen LogP contribution is -2.31. The van der Waals surface area contributed by atoms with Gasteiger partial charge in [-0.2, -0.15) is 0 Å². The van der Waals surface area contributed by atoms with Gasteiger partial charge in [-0.05, 0) is 19.3 Å². The Balaban J connectivity index is 3.70. The van der Waals surface area contributed by atoms with Crippen LogP contribution in [-0.4, -0.2) is 23.9 Å². The zero-order valence-electron chi connectivity index (χ0n) is 8.00. The molecular weight excluding hydrogens is 140 g/mol. The average Bonchev–Trinajstić information content (AvgIpc) is 1.87. The lowest BCUT2D eigenvalue weighted by atomic mass is 10.0. The molecule has 0 fully saturated rings. The molecule has 2 nitrogen and oxygen atoms in total.